The first-order valence-corrected chi connectivity index (χ1v) is 11.0. The fourth-order valence-corrected chi connectivity index (χ4v) is 4.41. The van der Waals surface area contributed by atoms with Crippen molar-refractivity contribution >= 4 is 23.7 Å². The highest BCUT2D eigenvalue weighted by Gasteiger charge is 2.29. The summed E-state index contributed by atoms with van der Waals surface area (Å²) in [5.41, 5.74) is 12.3. The monoisotopic (exact) mass is 413 g/mol. The lowest BCUT2D eigenvalue weighted by Gasteiger charge is -2.14. The SMILES string of the molecule is CC1CCc2c1nc1c(c2NC(N)=O)CCC1.CN(C)Cc1ccc(SN)cc1. The third-order valence-electron chi connectivity index (χ3n) is 5.46. The Balaban J connectivity index is 0.000000177. The smallest absolute Gasteiger partial charge is 0.316 e. The largest absolute Gasteiger partial charge is 0.351 e. The number of nitrogens with two attached hydrogens (primary N) is 2. The van der Waals surface area contributed by atoms with Crippen molar-refractivity contribution in [2.24, 2.45) is 10.9 Å². The molecule has 1 aromatic carbocycles. The first-order chi connectivity index (χ1) is 13.9. The standard InChI is InChI=1S/C13H17N3O.C9H14N2S/c1-7-5-6-9-11(7)15-10-4-2-3-8(10)12(9)16-13(14)17;1-11(2)7-8-3-5-9(12-10)6-4-8/h7H,2-6H2,1H3,(H3,14,15,16,17);3-6H,7,10H2,1-2H3. The van der Waals surface area contributed by atoms with Gasteiger partial charge >= 0.3 is 6.03 Å². The first-order valence-electron chi connectivity index (χ1n) is 10.1. The third kappa shape index (κ3) is 5.29. The van der Waals surface area contributed by atoms with Gasteiger partial charge in [-0.05, 0) is 92.9 Å². The van der Waals surface area contributed by atoms with Gasteiger partial charge in [-0.15, -0.1) is 0 Å². The second-order valence-electron chi connectivity index (χ2n) is 8.06. The fourth-order valence-electron chi connectivity index (χ4n) is 4.11. The summed E-state index contributed by atoms with van der Waals surface area (Å²) in [5.74, 6) is 0.504. The predicted molar refractivity (Wildman–Crippen MR) is 120 cm³/mol. The Morgan fingerprint density at radius 2 is 1.93 bits per heavy atom. The molecule has 7 heteroatoms. The Morgan fingerprint density at radius 1 is 1.21 bits per heavy atom. The summed E-state index contributed by atoms with van der Waals surface area (Å²) in [6, 6.07) is 7.84. The van der Waals surface area contributed by atoms with Crippen molar-refractivity contribution < 1.29 is 4.79 Å². The van der Waals surface area contributed by atoms with Gasteiger partial charge in [0.25, 0.3) is 0 Å². The van der Waals surface area contributed by atoms with Crippen LogP contribution in [0.5, 0.6) is 0 Å². The number of nitrogens with one attached hydrogen (secondary N) is 1. The highest BCUT2D eigenvalue weighted by Crippen LogP contribution is 2.40. The summed E-state index contributed by atoms with van der Waals surface area (Å²) in [6.45, 7) is 3.18. The van der Waals surface area contributed by atoms with E-state index in [-0.39, 0.29) is 0 Å². The number of carbonyl (C=O) groups excluding carboxylic acids is 1. The molecule has 2 aliphatic carbocycles. The summed E-state index contributed by atoms with van der Waals surface area (Å²) >= 11 is 1.28. The topological polar surface area (TPSA) is 97.3 Å². The molecule has 0 saturated carbocycles. The Kier molecular flexibility index (Phi) is 7.16. The lowest BCUT2D eigenvalue weighted by Crippen LogP contribution is -2.21. The van der Waals surface area contributed by atoms with Crippen molar-refractivity contribution in [3.05, 3.63) is 52.3 Å². The number of aromatic nitrogens is 1. The number of anilines is 1. The third-order valence-corrected chi connectivity index (χ3v) is 6.00. The zero-order valence-electron chi connectivity index (χ0n) is 17.5. The summed E-state index contributed by atoms with van der Waals surface area (Å²) < 4.78 is 0. The van der Waals surface area contributed by atoms with Crippen molar-refractivity contribution in [2.45, 2.75) is 56.4 Å². The summed E-state index contributed by atoms with van der Waals surface area (Å²) in [7, 11) is 4.12. The second-order valence-corrected chi connectivity index (χ2v) is 8.77. The van der Waals surface area contributed by atoms with E-state index in [1.165, 1.54) is 40.0 Å². The number of amides is 2. The number of pyridine rings is 1. The summed E-state index contributed by atoms with van der Waals surface area (Å²) in [5, 5.41) is 8.23. The minimum absolute atomic E-state index is 0.466. The number of hydrogen-bond donors (Lipinski definition) is 3. The molecule has 0 saturated heterocycles. The lowest BCUT2D eigenvalue weighted by molar-refractivity contribution is 0.259. The minimum atomic E-state index is -0.466. The average Bonchev–Trinajstić information content (AvgIpc) is 3.29. The number of primary amides is 1. The van der Waals surface area contributed by atoms with Crippen molar-refractivity contribution in [3.8, 4) is 0 Å². The lowest BCUT2D eigenvalue weighted by atomic mass is 10.0. The van der Waals surface area contributed by atoms with Gasteiger partial charge in [0.05, 0.1) is 5.69 Å². The van der Waals surface area contributed by atoms with Gasteiger partial charge in [-0.1, -0.05) is 19.1 Å². The normalized spacial score (nSPS) is 16.8. The number of carbonyl (C=O) groups is 1. The van der Waals surface area contributed by atoms with Crippen LogP contribution in [0.25, 0.3) is 0 Å². The van der Waals surface area contributed by atoms with Gasteiger partial charge in [0.1, 0.15) is 0 Å². The van der Waals surface area contributed by atoms with Crippen LogP contribution < -0.4 is 16.2 Å². The van der Waals surface area contributed by atoms with E-state index < -0.39 is 6.03 Å². The van der Waals surface area contributed by atoms with Crippen LogP contribution >= 0.6 is 11.9 Å². The van der Waals surface area contributed by atoms with Crippen molar-refractivity contribution in [2.75, 3.05) is 19.4 Å². The van der Waals surface area contributed by atoms with Gasteiger partial charge in [-0.25, -0.2) is 4.79 Å². The molecule has 2 amide bonds. The molecule has 2 aliphatic rings. The van der Waals surface area contributed by atoms with Gasteiger partial charge in [-0.2, -0.15) is 0 Å². The Bertz CT molecular complexity index is 866. The molecule has 0 aliphatic heterocycles. The zero-order valence-corrected chi connectivity index (χ0v) is 18.3. The van der Waals surface area contributed by atoms with E-state index in [0.29, 0.717) is 5.92 Å². The van der Waals surface area contributed by atoms with Gasteiger partial charge in [0.2, 0.25) is 0 Å². The molecule has 6 nitrogen and oxygen atoms in total. The average molecular weight is 414 g/mol. The molecule has 29 heavy (non-hydrogen) atoms. The maximum absolute atomic E-state index is 11.1. The Hall–Kier alpha value is -2.09. The van der Waals surface area contributed by atoms with E-state index in [0.717, 1.165) is 49.2 Å². The molecule has 5 N–H and O–H groups in total. The van der Waals surface area contributed by atoms with E-state index in [9.17, 15) is 4.79 Å². The van der Waals surface area contributed by atoms with Crippen LogP contribution in [0.3, 0.4) is 0 Å². The Labute approximate surface area is 177 Å². The van der Waals surface area contributed by atoms with Crippen molar-refractivity contribution in [1.82, 2.24) is 9.88 Å². The molecule has 1 heterocycles. The zero-order chi connectivity index (χ0) is 21.0. The van der Waals surface area contributed by atoms with Gasteiger partial charge < -0.3 is 16.0 Å². The quantitative estimate of drug-likeness (QED) is 0.662. The number of nitrogens with zero attached hydrogens (tertiary/aromatic N) is 2. The molecule has 0 spiro atoms. The maximum atomic E-state index is 11.1. The van der Waals surface area contributed by atoms with Crippen LogP contribution in [0, 0.1) is 0 Å². The molecular weight excluding hydrogens is 382 g/mol. The van der Waals surface area contributed by atoms with Crippen LogP contribution in [0.1, 0.15) is 53.8 Å². The molecule has 1 atom stereocenters. The van der Waals surface area contributed by atoms with Gasteiger partial charge in [0, 0.05) is 22.8 Å². The predicted octanol–water partition coefficient (Wildman–Crippen LogP) is 3.82. The van der Waals surface area contributed by atoms with Crippen molar-refractivity contribution in [1.29, 1.82) is 0 Å². The number of rotatable bonds is 4. The number of urea groups is 1. The van der Waals surface area contributed by atoms with Crippen LogP contribution in [-0.2, 0) is 25.8 Å². The van der Waals surface area contributed by atoms with E-state index in [1.54, 1.807) is 0 Å². The van der Waals surface area contributed by atoms with E-state index in [4.69, 9.17) is 15.9 Å². The van der Waals surface area contributed by atoms with E-state index in [2.05, 4.69) is 43.4 Å². The van der Waals surface area contributed by atoms with Gasteiger partial charge in [-0.3, -0.25) is 10.1 Å². The first kappa shape index (κ1) is 21.6. The molecule has 0 fully saturated rings. The molecule has 1 unspecified atom stereocenters. The minimum Gasteiger partial charge on any atom is -0.351 e. The molecule has 0 radical (unpaired) electrons. The number of aryl methyl sites for hydroxylation is 1. The van der Waals surface area contributed by atoms with Crippen molar-refractivity contribution in [3.63, 3.8) is 0 Å². The number of benzene rings is 1. The summed E-state index contributed by atoms with van der Waals surface area (Å²) in [6.07, 6.45) is 5.31. The highest BCUT2D eigenvalue weighted by atomic mass is 32.2. The fraction of sp³-hybridized carbons (Fsp3) is 0.455. The molecule has 156 valence electrons. The van der Waals surface area contributed by atoms with Crippen LogP contribution in [0.4, 0.5) is 10.5 Å². The molecule has 0 bridgehead atoms. The second kappa shape index (κ2) is 9.61. The molecule has 2 aromatic rings. The number of hydrogen-bond acceptors (Lipinski definition) is 5. The van der Waals surface area contributed by atoms with Crippen LogP contribution in [0.15, 0.2) is 29.2 Å². The van der Waals surface area contributed by atoms with Crippen LogP contribution in [-0.4, -0.2) is 30.0 Å². The molecule has 4 rings (SSSR count). The van der Waals surface area contributed by atoms with Gasteiger partial charge in [0.15, 0.2) is 0 Å². The molecular formula is C22H31N5OS. The summed E-state index contributed by atoms with van der Waals surface area (Å²) in [4.78, 5) is 19.2. The van der Waals surface area contributed by atoms with Crippen LogP contribution in [0.2, 0.25) is 0 Å². The number of fused-ring (bicyclic) bond motifs is 2. The Morgan fingerprint density at radius 3 is 2.55 bits per heavy atom. The van der Waals surface area contributed by atoms with E-state index in [1.807, 2.05) is 12.1 Å². The highest BCUT2D eigenvalue weighted by molar-refractivity contribution is 7.97. The maximum Gasteiger partial charge on any atom is 0.316 e. The molecule has 1 aromatic heterocycles. The van der Waals surface area contributed by atoms with E-state index >= 15 is 0 Å².